The van der Waals surface area contributed by atoms with Gasteiger partial charge in [-0.2, -0.15) is 0 Å². The van der Waals surface area contributed by atoms with Crippen LogP contribution in [0.5, 0.6) is 0 Å². The van der Waals surface area contributed by atoms with E-state index in [1.165, 1.54) is 33.3 Å². The van der Waals surface area contributed by atoms with Crippen LogP contribution < -0.4 is 5.32 Å². The second kappa shape index (κ2) is 6.10. The second-order valence-electron chi connectivity index (χ2n) is 5.83. The van der Waals surface area contributed by atoms with Gasteiger partial charge in [0.2, 0.25) is 0 Å². The summed E-state index contributed by atoms with van der Waals surface area (Å²) < 4.78 is 14.4. The van der Waals surface area contributed by atoms with Crippen LogP contribution >= 0.6 is 11.3 Å². The fraction of sp³-hybridized carbons (Fsp3) is 0.0476. The maximum atomic E-state index is 13.1. The summed E-state index contributed by atoms with van der Waals surface area (Å²) in [6.07, 6.45) is 0. The van der Waals surface area contributed by atoms with E-state index in [1.54, 1.807) is 23.5 Å². The fourth-order valence-corrected chi connectivity index (χ4v) is 3.54. The topological polar surface area (TPSA) is 12.0 Å². The van der Waals surface area contributed by atoms with Gasteiger partial charge in [-0.15, -0.1) is 11.3 Å². The standard InChI is InChI=1S/C21H16FNS/c1-14-2-3-16(15-4-9-21-17(12-15)10-11-24-21)13-20(14)23-19-7-5-18(22)6-8-19/h2-13,23H,1H3. The molecule has 3 aromatic carbocycles. The molecule has 118 valence electrons. The van der Waals surface area contributed by atoms with Crippen molar-refractivity contribution in [2.45, 2.75) is 6.92 Å². The van der Waals surface area contributed by atoms with Crippen LogP contribution in [-0.4, -0.2) is 0 Å². The van der Waals surface area contributed by atoms with E-state index in [9.17, 15) is 4.39 Å². The lowest BCUT2D eigenvalue weighted by atomic mass is 10.0. The summed E-state index contributed by atoms with van der Waals surface area (Å²) in [5.41, 5.74) is 5.43. The maximum absolute atomic E-state index is 13.1. The number of aryl methyl sites for hydroxylation is 1. The Morgan fingerprint density at radius 1 is 0.833 bits per heavy atom. The van der Waals surface area contributed by atoms with E-state index in [4.69, 9.17) is 0 Å². The molecule has 0 aliphatic heterocycles. The summed E-state index contributed by atoms with van der Waals surface area (Å²) in [4.78, 5) is 0. The van der Waals surface area contributed by atoms with Gasteiger partial charge >= 0.3 is 0 Å². The van der Waals surface area contributed by atoms with Gasteiger partial charge in [0.25, 0.3) is 0 Å². The Hall–Kier alpha value is -2.65. The third kappa shape index (κ3) is 2.91. The first kappa shape index (κ1) is 14.9. The predicted octanol–water partition coefficient (Wildman–Crippen LogP) is 6.76. The molecule has 1 N–H and O–H groups in total. The number of anilines is 2. The summed E-state index contributed by atoms with van der Waals surface area (Å²) in [6.45, 7) is 2.07. The monoisotopic (exact) mass is 333 g/mol. The molecule has 1 heterocycles. The molecule has 1 aromatic heterocycles. The van der Waals surface area contributed by atoms with Gasteiger partial charge in [0.15, 0.2) is 0 Å². The number of hydrogen-bond donors (Lipinski definition) is 1. The van der Waals surface area contributed by atoms with Crippen LogP contribution in [0, 0.1) is 12.7 Å². The first-order valence-electron chi connectivity index (χ1n) is 7.80. The fourth-order valence-electron chi connectivity index (χ4n) is 2.77. The average molecular weight is 333 g/mol. The number of rotatable bonds is 3. The van der Waals surface area contributed by atoms with Crippen LogP contribution in [0.2, 0.25) is 0 Å². The lowest BCUT2D eigenvalue weighted by Gasteiger charge is -2.12. The number of nitrogens with one attached hydrogen (secondary N) is 1. The summed E-state index contributed by atoms with van der Waals surface area (Å²) >= 11 is 1.76. The molecule has 4 aromatic rings. The maximum Gasteiger partial charge on any atom is 0.123 e. The number of halogens is 1. The minimum Gasteiger partial charge on any atom is -0.355 e. The Morgan fingerprint density at radius 3 is 2.42 bits per heavy atom. The Balaban J connectivity index is 1.71. The average Bonchev–Trinajstić information content (AvgIpc) is 3.06. The molecule has 0 spiro atoms. The first-order chi connectivity index (χ1) is 11.7. The SMILES string of the molecule is Cc1ccc(-c2ccc3sccc3c2)cc1Nc1ccc(F)cc1. The number of fused-ring (bicyclic) bond motifs is 1. The van der Waals surface area contributed by atoms with Gasteiger partial charge in [0, 0.05) is 16.1 Å². The molecule has 0 bridgehead atoms. The van der Waals surface area contributed by atoms with E-state index in [0.717, 1.165) is 16.9 Å². The molecule has 0 atom stereocenters. The molecule has 1 nitrogen and oxygen atoms in total. The first-order valence-corrected chi connectivity index (χ1v) is 8.68. The minimum absolute atomic E-state index is 0.227. The summed E-state index contributed by atoms with van der Waals surface area (Å²) in [5, 5.41) is 6.76. The van der Waals surface area contributed by atoms with E-state index in [1.807, 2.05) is 0 Å². The molecule has 0 aliphatic carbocycles. The van der Waals surface area contributed by atoms with Crippen molar-refractivity contribution < 1.29 is 4.39 Å². The third-order valence-electron chi connectivity index (χ3n) is 4.15. The molecule has 0 fully saturated rings. The minimum atomic E-state index is -0.227. The van der Waals surface area contributed by atoms with Gasteiger partial charge in [-0.05, 0) is 82.9 Å². The molecule has 0 amide bonds. The Kier molecular flexibility index (Phi) is 3.79. The van der Waals surface area contributed by atoms with Gasteiger partial charge in [0.1, 0.15) is 5.82 Å². The molecule has 0 saturated carbocycles. The van der Waals surface area contributed by atoms with E-state index < -0.39 is 0 Å². The lowest BCUT2D eigenvalue weighted by molar-refractivity contribution is 0.628. The van der Waals surface area contributed by atoms with Crippen molar-refractivity contribution in [3.8, 4) is 11.1 Å². The van der Waals surface area contributed by atoms with E-state index in [-0.39, 0.29) is 5.82 Å². The third-order valence-corrected chi connectivity index (χ3v) is 5.04. The summed E-state index contributed by atoms with van der Waals surface area (Å²) in [6, 6.07) is 21.5. The van der Waals surface area contributed by atoms with Gasteiger partial charge in [-0.25, -0.2) is 4.39 Å². The molecule has 0 radical (unpaired) electrons. The van der Waals surface area contributed by atoms with Crippen LogP contribution in [0.3, 0.4) is 0 Å². The number of thiophene rings is 1. The highest BCUT2D eigenvalue weighted by molar-refractivity contribution is 7.17. The largest absolute Gasteiger partial charge is 0.355 e. The molecule has 0 unspecified atom stereocenters. The van der Waals surface area contributed by atoms with Crippen molar-refractivity contribution >= 4 is 32.8 Å². The molecule has 0 saturated heterocycles. The zero-order valence-corrected chi connectivity index (χ0v) is 14.0. The highest BCUT2D eigenvalue weighted by Crippen LogP contribution is 2.31. The predicted molar refractivity (Wildman–Crippen MR) is 102 cm³/mol. The van der Waals surface area contributed by atoms with Crippen LogP contribution in [0.4, 0.5) is 15.8 Å². The summed E-state index contributed by atoms with van der Waals surface area (Å²) in [5.74, 6) is -0.227. The van der Waals surface area contributed by atoms with Crippen molar-refractivity contribution in [1.29, 1.82) is 0 Å². The highest BCUT2D eigenvalue weighted by Gasteiger charge is 2.05. The second-order valence-corrected chi connectivity index (χ2v) is 6.78. The van der Waals surface area contributed by atoms with Gasteiger partial charge in [0.05, 0.1) is 0 Å². The molecular formula is C21H16FNS. The molecule has 3 heteroatoms. The Morgan fingerprint density at radius 2 is 1.58 bits per heavy atom. The van der Waals surface area contributed by atoms with Crippen molar-refractivity contribution in [3.63, 3.8) is 0 Å². The Bertz CT molecular complexity index is 1000. The van der Waals surface area contributed by atoms with E-state index in [0.29, 0.717) is 0 Å². The van der Waals surface area contributed by atoms with E-state index >= 15 is 0 Å². The number of benzene rings is 3. The van der Waals surface area contributed by atoms with Crippen LogP contribution in [0.1, 0.15) is 5.56 Å². The zero-order chi connectivity index (χ0) is 16.5. The molecule has 4 rings (SSSR count). The van der Waals surface area contributed by atoms with Crippen molar-refractivity contribution in [2.75, 3.05) is 5.32 Å². The van der Waals surface area contributed by atoms with Crippen LogP contribution in [0.25, 0.3) is 21.2 Å². The number of hydrogen-bond acceptors (Lipinski definition) is 2. The van der Waals surface area contributed by atoms with Crippen molar-refractivity contribution in [2.24, 2.45) is 0 Å². The Labute approximate surface area is 144 Å². The van der Waals surface area contributed by atoms with E-state index in [2.05, 4.69) is 60.1 Å². The quantitative estimate of drug-likeness (QED) is 0.437. The normalized spacial score (nSPS) is 10.9. The van der Waals surface area contributed by atoms with Gasteiger partial charge in [-0.3, -0.25) is 0 Å². The van der Waals surface area contributed by atoms with Crippen LogP contribution in [-0.2, 0) is 0 Å². The zero-order valence-electron chi connectivity index (χ0n) is 13.2. The van der Waals surface area contributed by atoms with Crippen molar-refractivity contribution in [1.82, 2.24) is 0 Å². The smallest absolute Gasteiger partial charge is 0.123 e. The van der Waals surface area contributed by atoms with Gasteiger partial charge < -0.3 is 5.32 Å². The lowest BCUT2D eigenvalue weighted by Crippen LogP contribution is -1.94. The van der Waals surface area contributed by atoms with Crippen molar-refractivity contribution in [3.05, 3.63) is 83.5 Å². The van der Waals surface area contributed by atoms with Crippen LogP contribution in [0.15, 0.2) is 72.1 Å². The highest BCUT2D eigenvalue weighted by atomic mass is 32.1. The molecular weight excluding hydrogens is 317 g/mol. The van der Waals surface area contributed by atoms with Gasteiger partial charge in [-0.1, -0.05) is 18.2 Å². The molecule has 0 aliphatic rings. The molecule has 24 heavy (non-hydrogen) atoms. The summed E-state index contributed by atoms with van der Waals surface area (Å²) in [7, 11) is 0.